The summed E-state index contributed by atoms with van der Waals surface area (Å²) in [6.07, 6.45) is 1.05. The van der Waals surface area contributed by atoms with Gasteiger partial charge in [0.25, 0.3) is 0 Å². The second-order valence-corrected chi connectivity index (χ2v) is 4.16. The Balaban J connectivity index is 2.09. The molecule has 0 bridgehead atoms. The van der Waals surface area contributed by atoms with E-state index < -0.39 is 0 Å². The Hall–Kier alpha value is -1.22. The first-order valence-corrected chi connectivity index (χ1v) is 5.26. The average Bonchev–Trinajstić information content (AvgIpc) is 2.65. The first-order chi connectivity index (χ1) is 7.22. The highest BCUT2D eigenvalue weighted by Crippen LogP contribution is 2.26. The minimum atomic E-state index is -0.0770. The van der Waals surface area contributed by atoms with Gasteiger partial charge in [0.2, 0.25) is 0 Å². The highest BCUT2D eigenvalue weighted by molar-refractivity contribution is 5.33. The van der Waals surface area contributed by atoms with Crippen molar-refractivity contribution in [3.8, 4) is 11.5 Å². The summed E-state index contributed by atoms with van der Waals surface area (Å²) >= 11 is 0. The summed E-state index contributed by atoms with van der Waals surface area (Å²) in [4.78, 5) is 0. The zero-order chi connectivity index (χ0) is 10.7. The third-order valence-electron chi connectivity index (χ3n) is 2.74. The Labute approximate surface area is 90.4 Å². The topological polar surface area (TPSA) is 30.5 Å². The zero-order valence-electron chi connectivity index (χ0n) is 9.25. The third-order valence-corrected chi connectivity index (χ3v) is 2.74. The van der Waals surface area contributed by atoms with Crippen molar-refractivity contribution in [2.45, 2.75) is 18.9 Å². The van der Waals surface area contributed by atoms with Gasteiger partial charge in [0.1, 0.15) is 17.1 Å². The molecule has 3 heteroatoms. The van der Waals surface area contributed by atoms with E-state index in [-0.39, 0.29) is 5.60 Å². The second-order valence-electron chi connectivity index (χ2n) is 4.16. The van der Waals surface area contributed by atoms with Crippen LogP contribution in [0.2, 0.25) is 0 Å². The molecule has 0 amide bonds. The summed E-state index contributed by atoms with van der Waals surface area (Å²) in [7, 11) is 1.66. The van der Waals surface area contributed by atoms with E-state index in [4.69, 9.17) is 9.47 Å². The van der Waals surface area contributed by atoms with Gasteiger partial charge in [0.05, 0.1) is 7.11 Å². The summed E-state index contributed by atoms with van der Waals surface area (Å²) in [5, 5.41) is 3.31. The average molecular weight is 207 g/mol. The number of nitrogens with one attached hydrogen (secondary N) is 1. The monoisotopic (exact) mass is 207 g/mol. The molecule has 0 aromatic heterocycles. The van der Waals surface area contributed by atoms with E-state index in [2.05, 4.69) is 12.2 Å². The smallest absolute Gasteiger partial charge is 0.123 e. The fraction of sp³-hybridized carbons (Fsp3) is 0.500. The van der Waals surface area contributed by atoms with E-state index in [1.54, 1.807) is 7.11 Å². The Kier molecular flexibility index (Phi) is 2.82. The minimum Gasteiger partial charge on any atom is -0.497 e. The maximum absolute atomic E-state index is 5.96. The lowest BCUT2D eigenvalue weighted by Crippen LogP contribution is -2.34. The Bertz CT molecular complexity index is 332. The maximum atomic E-state index is 5.96. The van der Waals surface area contributed by atoms with Crippen molar-refractivity contribution in [2.24, 2.45) is 0 Å². The van der Waals surface area contributed by atoms with Gasteiger partial charge in [-0.25, -0.2) is 0 Å². The molecule has 15 heavy (non-hydrogen) atoms. The van der Waals surface area contributed by atoms with Crippen molar-refractivity contribution < 1.29 is 9.47 Å². The molecule has 1 aromatic carbocycles. The van der Waals surface area contributed by atoms with Crippen LogP contribution in [0.5, 0.6) is 11.5 Å². The van der Waals surface area contributed by atoms with Crippen molar-refractivity contribution in [3.05, 3.63) is 24.3 Å². The maximum Gasteiger partial charge on any atom is 0.123 e. The van der Waals surface area contributed by atoms with Gasteiger partial charge in [-0.2, -0.15) is 0 Å². The van der Waals surface area contributed by atoms with Crippen LogP contribution in [0.4, 0.5) is 0 Å². The molecule has 0 saturated carbocycles. The lowest BCUT2D eigenvalue weighted by atomic mass is 10.1. The summed E-state index contributed by atoms with van der Waals surface area (Å²) in [6, 6.07) is 7.75. The summed E-state index contributed by atoms with van der Waals surface area (Å²) in [5.74, 6) is 1.71. The zero-order valence-corrected chi connectivity index (χ0v) is 9.25. The highest BCUT2D eigenvalue weighted by Gasteiger charge is 2.30. The third kappa shape index (κ3) is 2.42. The van der Waals surface area contributed by atoms with Gasteiger partial charge in [-0.3, -0.25) is 0 Å². The molecule has 1 N–H and O–H groups in total. The highest BCUT2D eigenvalue weighted by atomic mass is 16.5. The molecule has 1 fully saturated rings. The number of hydrogen-bond donors (Lipinski definition) is 1. The Morgan fingerprint density at radius 3 is 2.80 bits per heavy atom. The van der Waals surface area contributed by atoms with Gasteiger partial charge in [-0.05, 0) is 25.6 Å². The quantitative estimate of drug-likeness (QED) is 0.820. The largest absolute Gasteiger partial charge is 0.497 e. The lowest BCUT2D eigenvalue weighted by molar-refractivity contribution is 0.110. The van der Waals surface area contributed by atoms with Crippen LogP contribution in [0, 0.1) is 0 Å². The Morgan fingerprint density at radius 1 is 1.33 bits per heavy atom. The van der Waals surface area contributed by atoms with Crippen molar-refractivity contribution in [1.82, 2.24) is 5.32 Å². The predicted octanol–water partition coefficient (Wildman–Crippen LogP) is 1.83. The van der Waals surface area contributed by atoms with Gasteiger partial charge < -0.3 is 14.8 Å². The normalized spacial score (nSPS) is 25.2. The van der Waals surface area contributed by atoms with Crippen LogP contribution in [0.1, 0.15) is 13.3 Å². The molecule has 1 saturated heterocycles. The molecule has 1 aliphatic rings. The van der Waals surface area contributed by atoms with E-state index in [9.17, 15) is 0 Å². The molecular formula is C12H17NO2. The van der Waals surface area contributed by atoms with E-state index >= 15 is 0 Å². The molecule has 1 heterocycles. The molecule has 0 radical (unpaired) electrons. The molecule has 0 spiro atoms. The standard InChI is InChI=1S/C12H17NO2/c1-12(6-7-13-9-12)15-11-5-3-4-10(8-11)14-2/h3-5,8,13H,6-7,9H2,1-2H3. The molecule has 1 unspecified atom stereocenters. The summed E-state index contributed by atoms with van der Waals surface area (Å²) < 4.78 is 11.1. The van der Waals surface area contributed by atoms with Gasteiger partial charge in [-0.1, -0.05) is 6.07 Å². The van der Waals surface area contributed by atoms with Gasteiger partial charge >= 0.3 is 0 Å². The SMILES string of the molecule is COc1cccc(OC2(C)CCNC2)c1. The van der Waals surface area contributed by atoms with Crippen LogP contribution in [0.25, 0.3) is 0 Å². The molecule has 0 aliphatic carbocycles. The minimum absolute atomic E-state index is 0.0770. The number of ether oxygens (including phenoxy) is 2. The summed E-state index contributed by atoms with van der Waals surface area (Å²) in [5.41, 5.74) is -0.0770. The molecule has 2 rings (SSSR count). The van der Waals surface area contributed by atoms with Crippen LogP contribution >= 0.6 is 0 Å². The van der Waals surface area contributed by atoms with Gasteiger partial charge in [0, 0.05) is 19.0 Å². The number of benzene rings is 1. The first kappa shape index (κ1) is 10.3. The van der Waals surface area contributed by atoms with Gasteiger partial charge in [0.15, 0.2) is 0 Å². The molecule has 1 aliphatic heterocycles. The summed E-state index contributed by atoms with van der Waals surface area (Å²) in [6.45, 7) is 4.07. The van der Waals surface area contributed by atoms with Crippen LogP contribution in [-0.2, 0) is 0 Å². The van der Waals surface area contributed by atoms with E-state index in [0.29, 0.717) is 0 Å². The molecular weight excluding hydrogens is 190 g/mol. The molecule has 3 nitrogen and oxygen atoms in total. The number of rotatable bonds is 3. The van der Waals surface area contributed by atoms with Crippen LogP contribution in [0.3, 0.4) is 0 Å². The van der Waals surface area contributed by atoms with E-state index in [0.717, 1.165) is 31.0 Å². The van der Waals surface area contributed by atoms with Crippen LogP contribution in [-0.4, -0.2) is 25.8 Å². The van der Waals surface area contributed by atoms with Crippen molar-refractivity contribution >= 4 is 0 Å². The first-order valence-electron chi connectivity index (χ1n) is 5.26. The van der Waals surface area contributed by atoms with E-state index in [1.165, 1.54) is 0 Å². The predicted molar refractivity (Wildman–Crippen MR) is 59.5 cm³/mol. The molecule has 82 valence electrons. The number of hydrogen-bond acceptors (Lipinski definition) is 3. The second kappa shape index (κ2) is 4.11. The number of methoxy groups -OCH3 is 1. The van der Waals surface area contributed by atoms with Crippen LogP contribution in [0.15, 0.2) is 24.3 Å². The van der Waals surface area contributed by atoms with Crippen molar-refractivity contribution in [1.29, 1.82) is 0 Å². The fourth-order valence-corrected chi connectivity index (χ4v) is 1.83. The fourth-order valence-electron chi connectivity index (χ4n) is 1.83. The molecule has 1 aromatic rings. The van der Waals surface area contributed by atoms with Crippen molar-refractivity contribution in [3.63, 3.8) is 0 Å². The Morgan fingerprint density at radius 2 is 2.13 bits per heavy atom. The van der Waals surface area contributed by atoms with Crippen molar-refractivity contribution in [2.75, 3.05) is 20.2 Å². The lowest BCUT2D eigenvalue weighted by Gasteiger charge is -2.24. The van der Waals surface area contributed by atoms with Gasteiger partial charge in [-0.15, -0.1) is 0 Å². The molecule has 1 atom stereocenters. The van der Waals surface area contributed by atoms with E-state index in [1.807, 2.05) is 24.3 Å². The van der Waals surface area contributed by atoms with Crippen LogP contribution < -0.4 is 14.8 Å².